The van der Waals surface area contributed by atoms with Crippen molar-refractivity contribution < 1.29 is 0 Å². The first-order chi connectivity index (χ1) is 11.3. The number of allylic oxidation sites excluding steroid dienone is 1. The Morgan fingerprint density at radius 2 is 2.22 bits per heavy atom. The molecule has 0 saturated heterocycles. The highest BCUT2D eigenvalue weighted by atomic mass is 32.2. The topological polar surface area (TPSA) is 61.4 Å². The highest BCUT2D eigenvalue weighted by Crippen LogP contribution is 2.24. The Balaban J connectivity index is 1.79. The van der Waals surface area contributed by atoms with Crippen LogP contribution in [-0.4, -0.2) is 35.3 Å². The van der Waals surface area contributed by atoms with Gasteiger partial charge in [-0.2, -0.15) is 5.10 Å². The first-order valence-electron chi connectivity index (χ1n) is 7.34. The van der Waals surface area contributed by atoms with Crippen molar-refractivity contribution in [3.63, 3.8) is 0 Å². The minimum absolute atomic E-state index is 0.682. The van der Waals surface area contributed by atoms with Crippen molar-refractivity contribution in [2.24, 2.45) is 0 Å². The lowest BCUT2D eigenvalue weighted by atomic mass is 10.1. The Labute approximate surface area is 139 Å². The van der Waals surface area contributed by atoms with Crippen LogP contribution in [-0.2, 0) is 13.1 Å². The van der Waals surface area contributed by atoms with Crippen molar-refractivity contribution in [2.75, 3.05) is 5.75 Å². The normalized spacial score (nSPS) is 10.8. The largest absolute Gasteiger partial charge is 0.298 e. The van der Waals surface area contributed by atoms with Crippen LogP contribution >= 0.6 is 11.8 Å². The Morgan fingerprint density at radius 3 is 2.96 bits per heavy atom. The van der Waals surface area contributed by atoms with Crippen molar-refractivity contribution in [3.05, 3.63) is 55.1 Å². The van der Waals surface area contributed by atoms with E-state index in [1.54, 1.807) is 24.4 Å². The van der Waals surface area contributed by atoms with Crippen LogP contribution in [0.3, 0.4) is 0 Å². The lowest BCUT2D eigenvalue weighted by Gasteiger charge is -2.08. The molecule has 1 aromatic carbocycles. The molecular weight excluding hydrogens is 308 g/mol. The predicted molar refractivity (Wildman–Crippen MR) is 91.1 cm³/mol. The Bertz CT molecular complexity index is 778. The van der Waals surface area contributed by atoms with Gasteiger partial charge in [-0.15, -0.1) is 16.8 Å². The van der Waals surface area contributed by atoms with E-state index in [0.717, 1.165) is 28.8 Å². The zero-order chi connectivity index (χ0) is 16.1. The van der Waals surface area contributed by atoms with Gasteiger partial charge in [-0.05, 0) is 13.0 Å². The maximum absolute atomic E-state index is 4.37. The summed E-state index contributed by atoms with van der Waals surface area (Å²) >= 11 is 1.66. The molecule has 0 fully saturated rings. The Morgan fingerprint density at radius 1 is 1.30 bits per heavy atom. The van der Waals surface area contributed by atoms with Gasteiger partial charge in [-0.1, -0.05) is 41.6 Å². The maximum atomic E-state index is 4.37. The van der Waals surface area contributed by atoms with Gasteiger partial charge in [0.1, 0.15) is 12.7 Å². The van der Waals surface area contributed by atoms with Crippen LogP contribution in [0, 0.1) is 6.92 Å². The van der Waals surface area contributed by atoms with Gasteiger partial charge in [0.2, 0.25) is 0 Å². The first-order valence-corrected chi connectivity index (χ1v) is 8.33. The standard InChI is InChI=1S/C16H18N6S/c1-3-7-22-15(14-6-4-5-13(2)10-14)19-20-16(22)23-9-8-21-12-17-11-18-21/h3-6,10-12H,1,7-9H2,2H3. The molecule has 6 nitrogen and oxygen atoms in total. The third-order valence-electron chi connectivity index (χ3n) is 3.32. The molecule has 0 radical (unpaired) electrons. The molecule has 0 bridgehead atoms. The van der Waals surface area contributed by atoms with E-state index in [4.69, 9.17) is 0 Å². The van der Waals surface area contributed by atoms with Gasteiger partial charge in [0.15, 0.2) is 11.0 Å². The van der Waals surface area contributed by atoms with Crippen LogP contribution in [0.5, 0.6) is 0 Å². The lowest BCUT2D eigenvalue weighted by Crippen LogP contribution is -2.04. The molecule has 0 aliphatic heterocycles. The number of nitrogens with zero attached hydrogens (tertiary/aromatic N) is 6. The van der Waals surface area contributed by atoms with Crippen LogP contribution in [0.15, 0.2) is 54.7 Å². The molecule has 2 aromatic heterocycles. The minimum atomic E-state index is 0.682. The van der Waals surface area contributed by atoms with Gasteiger partial charge in [-0.3, -0.25) is 9.25 Å². The Kier molecular flexibility index (Phi) is 4.87. The molecule has 0 amide bonds. The highest BCUT2D eigenvalue weighted by molar-refractivity contribution is 7.99. The SMILES string of the molecule is C=CCn1c(SCCn2cncn2)nnc1-c1cccc(C)c1. The molecule has 0 spiro atoms. The van der Waals surface area contributed by atoms with Crippen molar-refractivity contribution >= 4 is 11.8 Å². The summed E-state index contributed by atoms with van der Waals surface area (Å²) in [7, 11) is 0. The van der Waals surface area contributed by atoms with Crippen molar-refractivity contribution in [1.29, 1.82) is 0 Å². The van der Waals surface area contributed by atoms with E-state index in [9.17, 15) is 0 Å². The molecule has 0 atom stereocenters. The third-order valence-corrected chi connectivity index (χ3v) is 4.27. The maximum Gasteiger partial charge on any atom is 0.191 e. The smallest absolute Gasteiger partial charge is 0.191 e. The zero-order valence-electron chi connectivity index (χ0n) is 13.0. The molecule has 23 heavy (non-hydrogen) atoms. The molecule has 7 heteroatoms. The second kappa shape index (κ2) is 7.23. The summed E-state index contributed by atoms with van der Waals surface area (Å²) < 4.78 is 3.90. The summed E-state index contributed by atoms with van der Waals surface area (Å²) in [6.07, 6.45) is 5.12. The quantitative estimate of drug-likeness (QED) is 0.493. The number of benzene rings is 1. The fraction of sp³-hybridized carbons (Fsp3) is 0.250. The number of hydrogen-bond donors (Lipinski definition) is 0. The lowest BCUT2D eigenvalue weighted by molar-refractivity contribution is 0.661. The van der Waals surface area contributed by atoms with Crippen LogP contribution in [0.1, 0.15) is 5.56 Å². The van der Waals surface area contributed by atoms with Crippen molar-refractivity contribution in [2.45, 2.75) is 25.2 Å². The second-order valence-electron chi connectivity index (χ2n) is 5.08. The number of thioether (sulfide) groups is 1. The molecule has 0 aliphatic rings. The van der Waals surface area contributed by atoms with Crippen LogP contribution in [0.2, 0.25) is 0 Å². The summed E-state index contributed by atoms with van der Waals surface area (Å²) in [4.78, 5) is 3.94. The molecule has 0 unspecified atom stereocenters. The number of hydrogen-bond acceptors (Lipinski definition) is 5. The van der Waals surface area contributed by atoms with Gasteiger partial charge < -0.3 is 0 Å². The van der Waals surface area contributed by atoms with E-state index in [1.807, 2.05) is 16.8 Å². The monoisotopic (exact) mass is 326 g/mol. The van der Waals surface area contributed by atoms with Gasteiger partial charge in [0.05, 0.1) is 6.54 Å². The minimum Gasteiger partial charge on any atom is -0.298 e. The molecule has 3 rings (SSSR count). The zero-order valence-corrected chi connectivity index (χ0v) is 13.8. The van der Waals surface area contributed by atoms with Gasteiger partial charge in [-0.25, -0.2) is 4.98 Å². The van der Waals surface area contributed by atoms with Gasteiger partial charge in [0.25, 0.3) is 0 Å². The number of aromatic nitrogens is 6. The molecule has 0 N–H and O–H groups in total. The molecule has 0 saturated carbocycles. The highest BCUT2D eigenvalue weighted by Gasteiger charge is 2.13. The molecule has 0 aliphatic carbocycles. The first kappa shape index (κ1) is 15.5. The number of aryl methyl sites for hydroxylation is 2. The van der Waals surface area contributed by atoms with E-state index in [-0.39, 0.29) is 0 Å². The van der Waals surface area contributed by atoms with Gasteiger partial charge in [0, 0.05) is 17.9 Å². The predicted octanol–water partition coefficient (Wildman–Crippen LogP) is 2.82. The number of rotatable bonds is 7. The van der Waals surface area contributed by atoms with Crippen LogP contribution in [0.4, 0.5) is 0 Å². The van der Waals surface area contributed by atoms with Crippen molar-refractivity contribution in [3.8, 4) is 11.4 Å². The fourth-order valence-corrected chi connectivity index (χ4v) is 3.14. The summed E-state index contributed by atoms with van der Waals surface area (Å²) in [5.41, 5.74) is 2.28. The van der Waals surface area contributed by atoms with Crippen LogP contribution < -0.4 is 0 Å². The second-order valence-corrected chi connectivity index (χ2v) is 6.14. The molecule has 3 aromatic rings. The molecular formula is C16H18N6S. The van der Waals surface area contributed by atoms with E-state index in [0.29, 0.717) is 6.54 Å². The van der Waals surface area contributed by atoms with Crippen LogP contribution in [0.25, 0.3) is 11.4 Å². The fourth-order valence-electron chi connectivity index (χ4n) is 2.27. The van der Waals surface area contributed by atoms with E-state index < -0.39 is 0 Å². The molecule has 118 valence electrons. The van der Waals surface area contributed by atoms with E-state index in [2.05, 4.69) is 56.5 Å². The third kappa shape index (κ3) is 3.68. The summed E-state index contributed by atoms with van der Waals surface area (Å²) in [5, 5.41) is 13.7. The summed E-state index contributed by atoms with van der Waals surface area (Å²) in [6, 6.07) is 8.29. The van der Waals surface area contributed by atoms with Crippen molar-refractivity contribution in [1.82, 2.24) is 29.5 Å². The summed E-state index contributed by atoms with van der Waals surface area (Å²) in [5.74, 6) is 1.73. The average Bonchev–Trinajstić information content (AvgIpc) is 3.18. The average molecular weight is 326 g/mol. The van der Waals surface area contributed by atoms with Gasteiger partial charge >= 0.3 is 0 Å². The summed E-state index contributed by atoms with van der Waals surface area (Å²) in [6.45, 7) is 7.38. The molecule has 2 heterocycles. The van der Waals surface area contributed by atoms with E-state index in [1.165, 1.54) is 5.56 Å². The van der Waals surface area contributed by atoms with E-state index >= 15 is 0 Å². The Hall–Kier alpha value is -2.41.